The zero-order chi connectivity index (χ0) is 53.8. The number of carbonyl (C=O) groups excluding carboxylic acids is 8. The number of rotatable bonds is 34. The summed E-state index contributed by atoms with van der Waals surface area (Å²) in [5.74, 6) is -7.87. The summed E-state index contributed by atoms with van der Waals surface area (Å²) in [6.07, 6.45) is 2.40. The molecule has 24 nitrogen and oxygen atoms in total. The number of aliphatic hydroxyl groups is 1. The van der Waals surface area contributed by atoms with Gasteiger partial charge in [-0.1, -0.05) is 64.4 Å². The molecule has 0 bridgehead atoms. The number of benzene rings is 1. The third-order valence-corrected chi connectivity index (χ3v) is 11.5. The van der Waals surface area contributed by atoms with Gasteiger partial charge in [-0.3, -0.25) is 43.3 Å². The highest BCUT2D eigenvalue weighted by Gasteiger charge is 2.34. The number of amides is 8. The third kappa shape index (κ3) is 25.1. The van der Waals surface area contributed by atoms with Crippen molar-refractivity contribution >= 4 is 70.9 Å². The Bertz CT molecular complexity index is 1920. The third-order valence-electron chi connectivity index (χ3n) is 10.9. The summed E-state index contributed by atoms with van der Waals surface area (Å²) in [4.78, 5) is 123. The zero-order valence-electron chi connectivity index (χ0n) is 42.0. The summed E-state index contributed by atoms with van der Waals surface area (Å²) < 4.78 is 0. The predicted octanol–water partition coefficient (Wildman–Crippen LogP) is -2.81. The molecule has 8 amide bonds. The summed E-state index contributed by atoms with van der Waals surface area (Å²) in [5, 5.41) is 40.5. The van der Waals surface area contributed by atoms with E-state index >= 15 is 0 Å². The van der Waals surface area contributed by atoms with Gasteiger partial charge >= 0.3 is 5.97 Å². The smallest absolute Gasteiger partial charge is 0.326 e. The minimum atomic E-state index is -1.55. The van der Waals surface area contributed by atoms with Gasteiger partial charge in [-0.05, 0) is 88.3 Å². The lowest BCUT2D eigenvalue weighted by atomic mass is 10.0. The molecule has 1 aromatic rings. The molecule has 1 aromatic carbocycles. The van der Waals surface area contributed by atoms with Gasteiger partial charge in [-0.2, -0.15) is 11.8 Å². The van der Waals surface area contributed by atoms with Crippen molar-refractivity contribution in [1.82, 2.24) is 42.5 Å². The largest absolute Gasteiger partial charge is 0.480 e. The molecule has 400 valence electrons. The van der Waals surface area contributed by atoms with Crippen LogP contribution in [0.15, 0.2) is 35.3 Å². The molecule has 0 saturated heterocycles. The second kappa shape index (κ2) is 33.5. The Morgan fingerprint density at radius 2 is 1.21 bits per heavy atom. The fourth-order valence-electron chi connectivity index (χ4n) is 6.86. The fraction of sp³-hybridized carbons (Fsp3) is 0.652. The number of carboxylic acid groups (broad SMARTS) is 1. The Morgan fingerprint density at radius 1 is 0.648 bits per heavy atom. The Kier molecular flexibility index (Phi) is 29.7. The molecular formula is C46H79N13O11S. The van der Waals surface area contributed by atoms with E-state index in [0.717, 1.165) is 0 Å². The number of nitrogens with one attached hydrogen (secondary N) is 8. The van der Waals surface area contributed by atoms with Crippen LogP contribution in [0.2, 0.25) is 0 Å². The Balaban J connectivity index is 3.17. The molecule has 18 N–H and O–H groups in total. The summed E-state index contributed by atoms with van der Waals surface area (Å²) in [6, 6.07) is -1.24. The second-order valence-electron chi connectivity index (χ2n) is 18.0. The van der Waals surface area contributed by atoms with Crippen molar-refractivity contribution in [1.29, 1.82) is 0 Å². The standard InChI is InChI=1S/C46H79N13O11S/c1-25(2)22-33(57-39(63)30(48)16-11-12-19-47)43(67)59-37(28(6)60)44(68)52-24-35(61)54-32(18-21-71-7)40(64)53-27(5)38(62)56-34(23-29-14-9-8-10-15-29)42(66)55-31(17-13-20-51-46(49)50)41(65)58-36(26(3)4)45(69)70/h8-10,14-15,25-28,30-34,36-37,60H,11-13,16-24,47-48H2,1-7H3,(H,52,68)(H,53,64)(H,54,61)(H,55,66)(H,56,62)(H,57,63)(H,58,65)(H,59,67)(H,69,70)(H4,49,50,51)/t27-,28+,30-,31-,32-,33-,34-,36-,37-/m0/s1. The molecule has 0 saturated carbocycles. The summed E-state index contributed by atoms with van der Waals surface area (Å²) in [5.41, 5.74) is 23.0. The van der Waals surface area contributed by atoms with Crippen LogP contribution in [0.4, 0.5) is 0 Å². The van der Waals surface area contributed by atoms with Gasteiger partial charge in [0.25, 0.3) is 0 Å². The van der Waals surface area contributed by atoms with Crippen molar-refractivity contribution in [2.75, 3.05) is 31.6 Å². The lowest BCUT2D eigenvalue weighted by Gasteiger charge is -2.27. The molecule has 0 aliphatic rings. The van der Waals surface area contributed by atoms with Gasteiger partial charge in [0.15, 0.2) is 5.96 Å². The van der Waals surface area contributed by atoms with Crippen molar-refractivity contribution < 1.29 is 53.4 Å². The van der Waals surface area contributed by atoms with Crippen molar-refractivity contribution in [2.24, 2.45) is 39.8 Å². The Morgan fingerprint density at radius 3 is 1.77 bits per heavy atom. The number of hydrogen-bond acceptors (Lipinski definition) is 14. The SMILES string of the molecule is CSCC[C@H](NC(=O)CNC(=O)[C@@H](NC(=O)[C@H](CC(C)C)NC(=O)[C@@H](N)CCCCN)[C@@H](C)O)C(=O)N[C@@H](C)C(=O)N[C@@H](Cc1ccccc1)C(=O)N[C@@H](CCCN=C(N)N)C(=O)N[C@H](C(=O)O)C(C)C. The van der Waals surface area contributed by atoms with Crippen LogP contribution in [-0.4, -0.2) is 155 Å². The highest BCUT2D eigenvalue weighted by Crippen LogP contribution is 2.11. The number of nitrogens with zero attached hydrogens (tertiary/aromatic N) is 1. The number of aliphatic imine (C=N–C) groups is 1. The highest BCUT2D eigenvalue weighted by molar-refractivity contribution is 7.98. The van der Waals surface area contributed by atoms with E-state index in [1.54, 1.807) is 50.4 Å². The molecule has 0 heterocycles. The van der Waals surface area contributed by atoms with Crippen LogP contribution in [0.5, 0.6) is 0 Å². The van der Waals surface area contributed by atoms with Gasteiger partial charge in [0, 0.05) is 13.0 Å². The topological polar surface area (TPSA) is 407 Å². The van der Waals surface area contributed by atoms with Crippen molar-refractivity contribution in [3.05, 3.63) is 35.9 Å². The van der Waals surface area contributed by atoms with E-state index < -0.39 is 120 Å². The molecule has 25 heteroatoms. The van der Waals surface area contributed by atoms with E-state index in [9.17, 15) is 53.4 Å². The molecule has 0 aliphatic carbocycles. The summed E-state index contributed by atoms with van der Waals surface area (Å²) >= 11 is 1.37. The van der Waals surface area contributed by atoms with Crippen LogP contribution >= 0.6 is 11.8 Å². The van der Waals surface area contributed by atoms with Crippen LogP contribution in [0.3, 0.4) is 0 Å². The molecular weight excluding hydrogens is 943 g/mol. The lowest BCUT2D eigenvalue weighted by Crippen LogP contribution is -2.60. The van der Waals surface area contributed by atoms with Crippen molar-refractivity contribution in [2.45, 2.75) is 147 Å². The summed E-state index contributed by atoms with van der Waals surface area (Å²) in [7, 11) is 0. The van der Waals surface area contributed by atoms with Crippen LogP contribution < -0.4 is 65.5 Å². The molecule has 0 fully saturated rings. The first-order valence-corrected chi connectivity index (χ1v) is 25.2. The highest BCUT2D eigenvalue weighted by atomic mass is 32.2. The van der Waals surface area contributed by atoms with E-state index in [0.29, 0.717) is 37.1 Å². The maximum absolute atomic E-state index is 14.0. The Labute approximate surface area is 420 Å². The minimum absolute atomic E-state index is 0.00569. The fourth-order valence-corrected chi connectivity index (χ4v) is 7.33. The molecule has 1 rings (SSSR count). The van der Waals surface area contributed by atoms with Crippen LogP contribution in [-0.2, 0) is 49.6 Å². The first kappa shape index (κ1) is 63.0. The minimum Gasteiger partial charge on any atom is -0.480 e. The molecule has 0 spiro atoms. The maximum Gasteiger partial charge on any atom is 0.326 e. The average Bonchev–Trinajstić information content (AvgIpc) is 3.30. The van der Waals surface area contributed by atoms with Crippen molar-refractivity contribution in [3.63, 3.8) is 0 Å². The Hall–Kier alpha value is -6.05. The number of carboxylic acids is 1. The van der Waals surface area contributed by atoms with E-state index in [2.05, 4.69) is 47.5 Å². The lowest BCUT2D eigenvalue weighted by molar-refractivity contribution is -0.143. The normalized spacial score (nSPS) is 14.9. The average molecular weight is 1020 g/mol. The van der Waals surface area contributed by atoms with E-state index in [4.69, 9.17) is 22.9 Å². The molecule has 0 aromatic heterocycles. The molecule has 0 unspecified atom stereocenters. The number of hydrogen-bond donors (Lipinski definition) is 14. The number of unbranched alkanes of at least 4 members (excludes halogenated alkanes) is 1. The first-order chi connectivity index (χ1) is 33.4. The van der Waals surface area contributed by atoms with Crippen molar-refractivity contribution in [3.8, 4) is 0 Å². The number of guanidine groups is 1. The number of nitrogens with two attached hydrogens (primary N) is 4. The van der Waals surface area contributed by atoms with Gasteiger partial charge in [0.1, 0.15) is 42.3 Å². The number of aliphatic hydroxyl groups excluding tert-OH is 1. The monoisotopic (exact) mass is 1020 g/mol. The van der Waals surface area contributed by atoms with Gasteiger partial charge in [0.2, 0.25) is 47.3 Å². The maximum atomic E-state index is 14.0. The van der Waals surface area contributed by atoms with E-state index in [1.165, 1.54) is 25.6 Å². The number of carbonyl (C=O) groups is 9. The summed E-state index contributed by atoms with van der Waals surface area (Å²) in [6.45, 7) is 9.34. The first-order valence-electron chi connectivity index (χ1n) is 23.8. The number of aliphatic carboxylic acids is 1. The van der Waals surface area contributed by atoms with E-state index in [-0.39, 0.29) is 50.5 Å². The van der Waals surface area contributed by atoms with Gasteiger partial charge in [0.05, 0.1) is 18.7 Å². The van der Waals surface area contributed by atoms with Gasteiger partial charge in [-0.15, -0.1) is 0 Å². The molecule has 0 aliphatic heterocycles. The number of thioether (sulfide) groups is 1. The predicted molar refractivity (Wildman–Crippen MR) is 270 cm³/mol. The van der Waals surface area contributed by atoms with Gasteiger partial charge in [-0.25, -0.2) is 4.79 Å². The molecule has 0 radical (unpaired) electrons. The van der Waals surface area contributed by atoms with E-state index in [1.807, 2.05) is 13.8 Å². The quantitative estimate of drug-likeness (QED) is 0.0188. The van der Waals surface area contributed by atoms with Gasteiger partial charge < -0.3 is 75.7 Å². The van der Waals surface area contributed by atoms with Crippen LogP contribution in [0.25, 0.3) is 0 Å². The second-order valence-corrected chi connectivity index (χ2v) is 19.0. The molecule has 71 heavy (non-hydrogen) atoms. The van der Waals surface area contributed by atoms with Crippen LogP contribution in [0.1, 0.15) is 92.1 Å². The zero-order valence-corrected chi connectivity index (χ0v) is 42.8. The van der Waals surface area contributed by atoms with Crippen LogP contribution in [0, 0.1) is 11.8 Å². The molecule has 9 atom stereocenters.